The zero-order valence-electron chi connectivity index (χ0n) is 15.3. The van der Waals surface area contributed by atoms with Crippen LogP contribution >= 0.6 is 11.6 Å². The molecule has 0 unspecified atom stereocenters. The van der Waals surface area contributed by atoms with Gasteiger partial charge in [0.1, 0.15) is 11.4 Å². The third-order valence-electron chi connectivity index (χ3n) is 3.99. The summed E-state index contributed by atoms with van der Waals surface area (Å²) >= 11 is 6.08. The van der Waals surface area contributed by atoms with Gasteiger partial charge in [0.15, 0.2) is 23.2 Å². The number of benzene rings is 1. The van der Waals surface area contributed by atoms with Crippen LogP contribution in [0.5, 0.6) is 11.5 Å². The van der Waals surface area contributed by atoms with Crippen LogP contribution in [0.1, 0.15) is 5.56 Å². The number of pyridine rings is 1. The molecular formula is C19H13ClF2N6O2. The molecule has 0 saturated carbocycles. The molecule has 30 heavy (non-hydrogen) atoms. The smallest absolute Gasteiger partial charge is 0.324 e. The number of carbonyl (C=O) groups excluding carboxylic acids is 1. The molecule has 0 bridgehead atoms. The number of rotatable bonds is 4. The molecule has 3 aromatic heterocycles. The van der Waals surface area contributed by atoms with Gasteiger partial charge in [-0.3, -0.25) is 5.32 Å². The highest BCUT2D eigenvalue weighted by atomic mass is 35.5. The van der Waals surface area contributed by atoms with Crippen molar-refractivity contribution in [3.63, 3.8) is 0 Å². The average Bonchev–Trinajstić information content (AvgIpc) is 3.06. The van der Waals surface area contributed by atoms with E-state index in [-0.39, 0.29) is 17.3 Å². The lowest BCUT2D eigenvalue weighted by molar-refractivity contribution is 0.262. The lowest BCUT2D eigenvalue weighted by Crippen LogP contribution is -2.20. The molecule has 11 heteroatoms. The number of nitrogens with one attached hydrogen (secondary N) is 3. The van der Waals surface area contributed by atoms with Crippen LogP contribution in [0.4, 0.5) is 25.1 Å². The van der Waals surface area contributed by atoms with Crippen LogP contribution < -0.4 is 15.4 Å². The first-order valence-electron chi connectivity index (χ1n) is 8.56. The largest absolute Gasteiger partial charge is 0.450 e. The number of carbonyl (C=O) groups is 1. The molecule has 0 aliphatic heterocycles. The Kier molecular flexibility index (Phi) is 5.15. The minimum atomic E-state index is -1.02. The van der Waals surface area contributed by atoms with Gasteiger partial charge >= 0.3 is 6.03 Å². The van der Waals surface area contributed by atoms with E-state index in [0.29, 0.717) is 16.1 Å². The van der Waals surface area contributed by atoms with Gasteiger partial charge in [-0.15, -0.1) is 5.10 Å². The highest BCUT2D eigenvalue weighted by molar-refractivity contribution is 6.36. The van der Waals surface area contributed by atoms with Crippen LogP contribution in [0.2, 0.25) is 5.02 Å². The molecule has 152 valence electrons. The standard InChI is InChI=1S/C19H13ClF2N6O2/c1-9-4-15(28-25-7-9)27-19(29)26-10-5-12(21)17(13(22)6-10)30-14-2-3-23-18-16(14)11(20)8-24-18/h2-8H,1H3,(H,23,24)(H2,26,27,28,29). The fraction of sp³-hybridized carbons (Fsp3) is 0.0526. The highest BCUT2D eigenvalue weighted by Crippen LogP contribution is 2.36. The number of hydrogen-bond acceptors (Lipinski definition) is 5. The van der Waals surface area contributed by atoms with Crippen molar-refractivity contribution in [1.29, 1.82) is 0 Å². The first kappa shape index (κ1) is 19.5. The molecular weight excluding hydrogens is 418 g/mol. The second-order valence-corrected chi connectivity index (χ2v) is 6.64. The fourth-order valence-electron chi connectivity index (χ4n) is 2.72. The third kappa shape index (κ3) is 3.98. The summed E-state index contributed by atoms with van der Waals surface area (Å²) in [6, 6.07) is 4.14. The van der Waals surface area contributed by atoms with Crippen LogP contribution in [0, 0.1) is 18.6 Å². The van der Waals surface area contributed by atoms with Crippen molar-refractivity contribution < 1.29 is 18.3 Å². The number of ether oxygens (including phenoxy) is 1. The minimum absolute atomic E-state index is 0.116. The second kappa shape index (κ2) is 7.91. The quantitative estimate of drug-likeness (QED) is 0.421. The Morgan fingerprint density at radius 1 is 1.20 bits per heavy atom. The molecule has 1 aromatic carbocycles. The maximum absolute atomic E-state index is 14.5. The predicted octanol–water partition coefficient (Wildman–Crippen LogP) is 5.03. The van der Waals surface area contributed by atoms with E-state index < -0.39 is 23.4 Å². The Bertz CT molecular complexity index is 1240. The Balaban J connectivity index is 1.54. The van der Waals surface area contributed by atoms with Gasteiger partial charge in [-0.2, -0.15) is 5.10 Å². The Labute approximate surface area is 173 Å². The maximum atomic E-state index is 14.5. The van der Waals surface area contributed by atoms with Gasteiger partial charge in [0.2, 0.25) is 0 Å². The number of aromatic amines is 1. The van der Waals surface area contributed by atoms with Crippen molar-refractivity contribution >= 4 is 40.2 Å². The van der Waals surface area contributed by atoms with Crippen LogP contribution in [0.15, 0.2) is 42.9 Å². The van der Waals surface area contributed by atoms with E-state index in [0.717, 1.165) is 17.7 Å². The molecule has 0 atom stereocenters. The van der Waals surface area contributed by atoms with E-state index in [1.165, 1.54) is 24.7 Å². The van der Waals surface area contributed by atoms with Crippen molar-refractivity contribution in [2.45, 2.75) is 6.92 Å². The monoisotopic (exact) mass is 430 g/mol. The number of anilines is 2. The third-order valence-corrected chi connectivity index (χ3v) is 4.29. The summed E-state index contributed by atoms with van der Waals surface area (Å²) in [6.07, 6.45) is 4.42. The van der Waals surface area contributed by atoms with Crippen molar-refractivity contribution in [3.8, 4) is 11.5 Å². The molecule has 8 nitrogen and oxygen atoms in total. The number of urea groups is 1. The summed E-state index contributed by atoms with van der Waals surface area (Å²) in [6.45, 7) is 1.78. The number of fused-ring (bicyclic) bond motifs is 1. The number of amides is 2. The lowest BCUT2D eigenvalue weighted by atomic mass is 10.2. The van der Waals surface area contributed by atoms with Crippen molar-refractivity contribution in [2.75, 3.05) is 10.6 Å². The normalized spacial score (nSPS) is 10.8. The number of nitrogens with zero attached hydrogens (tertiary/aromatic N) is 3. The number of H-pyrrole nitrogens is 1. The highest BCUT2D eigenvalue weighted by Gasteiger charge is 2.18. The predicted molar refractivity (Wildman–Crippen MR) is 107 cm³/mol. The molecule has 4 aromatic rings. The summed E-state index contributed by atoms with van der Waals surface area (Å²) in [7, 11) is 0. The Morgan fingerprint density at radius 3 is 2.70 bits per heavy atom. The number of aromatic nitrogens is 4. The van der Waals surface area contributed by atoms with Gasteiger partial charge in [0.25, 0.3) is 0 Å². The molecule has 0 saturated heterocycles. The van der Waals surface area contributed by atoms with Crippen molar-refractivity contribution in [3.05, 3.63) is 65.1 Å². The minimum Gasteiger partial charge on any atom is -0.450 e. The van der Waals surface area contributed by atoms with E-state index in [1.807, 2.05) is 0 Å². The van der Waals surface area contributed by atoms with Crippen LogP contribution in [0.3, 0.4) is 0 Å². The van der Waals surface area contributed by atoms with Crippen molar-refractivity contribution in [1.82, 2.24) is 20.2 Å². The Morgan fingerprint density at radius 2 is 1.97 bits per heavy atom. The SMILES string of the molecule is Cc1cnnc(NC(=O)Nc2cc(F)c(Oc3ccnc4[nH]cc(Cl)c34)c(F)c2)c1. The summed E-state index contributed by atoms with van der Waals surface area (Å²) in [5.74, 6) is -2.36. The van der Waals surface area contributed by atoms with E-state index in [4.69, 9.17) is 16.3 Å². The van der Waals surface area contributed by atoms with Gasteiger partial charge in [0.05, 0.1) is 16.6 Å². The average molecular weight is 431 g/mol. The molecule has 0 fully saturated rings. The summed E-state index contributed by atoms with van der Waals surface area (Å²) < 4.78 is 34.5. The summed E-state index contributed by atoms with van der Waals surface area (Å²) in [5, 5.41) is 12.9. The second-order valence-electron chi connectivity index (χ2n) is 6.24. The molecule has 0 aliphatic carbocycles. The van der Waals surface area contributed by atoms with Crippen LogP contribution in [-0.4, -0.2) is 26.2 Å². The molecule has 3 heterocycles. The van der Waals surface area contributed by atoms with E-state index in [2.05, 4.69) is 30.8 Å². The van der Waals surface area contributed by atoms with E-state index in [1.54, 1.807) is 13.0 Å². The number of aryl methyl sites for hydroxylation is 1. The van der Waals surface area contributed by atoms with Gasteiger partial charge in [-0.1, -0.05) is 11.6 Å². The fourth-order valence-corrected chi connectivity index (χ4v) is 2.95. The van der Waals surface area contributed by atoms with E-state index in [9.17, 15) is 13.6 Å². The molecule has 0 aliphatic rings. The molecule has 0 radical (unpaired) electrons. The van der Waals surface area contributed by atoms with Gasteiger partial charge in [-0.05, 0) is 24.6 Å². The molecule has 3 N–H and O–H groups in total. The summed E-state index contributed by atoms with van der Waals surface area (Å²) in [5.41, 5.74) is 1.08. The number of hydrogen-bond donors (Lipinski definition) is 3. The van der Waals surface area contributed by atoms with E-state index >= 15 is 0 Å². The Hall–Kier alpha value is -3.79. The summed E-state index contributed by atoms with van der Waals surface area (Å²) in [4.78, 5) is 18.9. The molecule has 4 rings (SSSR count). The molecule has 2 amide bonds. The van der Waals surface area contributed by atoms with Gasteiger partial charge < -0.3 is 15.0 Å². The maximum Gasteiger partial charge on any atom is 0.324 e. The first-order valence-corrected chi connectivity index (χ1v) is 8.94. The number of halogens is 3. The van der Waals surface area contributed by atoms with Crippen LogP contribution in [-0.2, 0) is 0 Å². The first-order chi connectivity index (χ1) is 14.4. The topological polar surface area (TPSA) is 105 Å². The zero-order valence-corrected chi connectivity index (χ0v) is 16.1. The van der Waals surface area contributed by atoms with Gasteiger partial charge in [0, 0.05) is 30.2 Å². The van der Waals surface area contributed by atoms with Crippen molar-refractivity contribution in [2.24, 2.45) is 0 Å². The zero-order chi connectivity index (χ0) is 21.3. The lowest BCUT2D eigenvalue weighted by Gasteiger charge is -2.12. The van der Waals surface area contributed by atoms with Crippen LogP contribution in [0.25, 0.3) is 11.0 Å². The van der Waals surface area contributed by atoms with Gasteiger partial charge in [-0.25, -0.2) is 18.6 Å². The molecule has 0 spiro atoms.